The first-order valence-electron chi connectivity index (χ1n) is 5.02. The van der Waals surface area contributed by atoms with Crippen LogP contribution in [-0.4, -0.2) is 46.0 Å². The predicted octanol–water partition coefficient (Wildman–Crippen LogP) is -1.41. The van der Waals surface area contributed by atoms with Crippen molar-refractivity contribution in [1.82, 2.24) is 9.03 Å². The van der Waals surface area contributed by atoms with Gasteiger partial charge in [-0.05, 0) is 19.8 Å². The molecule has 1 heterocycles. The minimum absolute atomic E-state index is 0.0697. The van der Waals surface area contributed by atoms with Crippen molar-refractivity contribution in [1.29, 1.82) is 0 Å². The largest absolute Gasteiger partial charge is 0.274 e. The second-order valence-electron chi connectivity index (χ2n) is 3.74. The molecule has 0 aromatic carbocycles. The molecule has 3 N–H and O–H groups in total. The summed E-state index contributed by atoms with van der Waals surface area (Å²) >= 11 is 0. The van der Waals surface area contributed by atoms with E-state index in [1.165, 1.54) is 4.31 Å². The number of sulfonamides is 1. The van der Waals surface area contributed by atoms with E-state index in [-0.39, 0.29) is 11.8 Å². The Balaban J connectivity index is 2.52. The quantitative estimate of drug-likeness (QED) is 0.655. The van der Waals surface area contributed by atoms with Gasteiger partial charge in [0, 0.05) is 19.1 Å². The smallest absolute Gasteiger partial charge is 0.216 e. The number of piperidine rings is 1. The fourth-order valence-corrected chi connectivity index (χ4v) is 3.50. The van der Waals surface area contributed by atoms with Crippen LogP contribution in [-0.2, 0) is 20.2 Å². The van der Waals surface area contributed by atoms with Crippen LogP contribution in [0, 0.1) is 0 Å². The highest BCUT2D eigenvalue weighted by molar-refractivity contribution is 7.89. The third-order valence-electron chi connectivity index (χ3n) is 2.54. The Morgan fingerprint density at radius 3 is 2.12 bits per heavy atom. The number of hydrogen-bond donors (Lipinski definition) is 2. The molecule has 0 saturated carbocycles. The summed E-state index contributed by atoms with van der Waals surface area (Å²) in [6, 6.07) is -0.265. The molecule has 0 spiro atoms. The fourth-order valence-electron chi connectivity index (χ4n) is 1.67. The summed E-state index contributed by atoms with van der Waals surface area (Å²) in [7, 11) is -6.86. The molecule has 0 aromatic heterocycles. The molecule has 0 amide bonds. The van der Waals surface area contributed by atoms with E-state index in [2.05, 4.69) is 4.72 Å². The lowest BCUT2D eigenvalue weighted by atomic mass is 10.1. The highest BCUT2D eigenvalue weighted by Gasteiger charge is 2.27. The summed E-state index contributed by atoms with van der Waals surface area (Å²) in [6.45, 7) is 2.26. The second-order valence-corrected chi connectivity index (χ2v) is 7.32. The first-order chi connectivity index (χ1) is 7.24. The Labute approximate surface area is 96.2 Å². The van der Waals surface area contributed by atoms with Crippen molar-refractivity contribution >= 4 is 20.2 Å². The number of hydrogen-bond acceptors (Lipinski definition) is 4. The molecule has 1 rings (SSSR count). The van der Waals surface area contributed by atoms with Gasteiger partial charge in [0.2, 0.25) is 10.0 Å². The first kappa shape index (κ1) is 13.8. The maximum atomic E-state index is 11.5. The first-order valence-corrected chi connectivity index (χ1v) is 8.18. The van der Waals surface area contributed by atoms with Gasteiger partial charge >= 0.3 is 0 Å². The van der Waals surface area contributed by atoms with Crippen LogP contribution in [0.4, 0.5) is 0 Å². The van der Waals surface area contributed by atoms with Crippen molar-refractivity contribution < 1.29 is 16.8 Å². The Morgan fingerprint density at radius 1 is 1.25 bits per heavy atom. The lowest BCUT2D eigenvalue weighted by Crippen LogP contribution is -2.48. The lowest BCUT2D eigenvalue weighted by Gasteiger charge is -2.30. The highest BCUT2D eigenvalue weighted by atomic mass is 32.2. The van der Waals surface area contributed by atoms with Gasteiger partial charge in [0.15, 0.2) is 0 Å². The van der Waals surface area contributed by atoms with Crippen LogP contribution in [0.15, 0.2) is 0 Å². The van der Waals surface area contributed by atoms with Crippen molar-refractivity contribution in [2.75, 3.05) is 18.8 Å². The molecule has 0 atom stereocenters. The minimum Gasteiger partial charge on any atom is -0.216 e. The topological polar surface area (TPSA) is 110 Å². The number of rotatable bonds is 4. The third-order valence-corrected chi connectivity index (χ3v) is 5.09. The summed E-state index contributed by atoms with van der Waals surface area (Å²) in [4.78, 5) is 0. The van der Waals surface area contributed by atoms with Gasteiger partial charge < -0.3 is 0 Å². The van der Waals surface area contributed by atoms with Crippen molar-refractivity contribution in [3.63, 3.8) is 0 Å². The zero-order chi connectivity index (χ0) is 12.4. The Bertz CT molecular complexity index is 423. The van der Waals surface area contributed by atoms with E-state index < -0.39 is 20.2 Å². The normalized spacial score (nSPS) is 21.1. The molecule has 1 saturated heterocycles. The number of nitrogens with zero attached hydrogens (tertiary/aromatic N) is 1. The van der Waals surface area contributed by atoms with E-state index in [0.29, 0.717) is 25.9 Å². The van der Waals surface area contributed by atoms with Crippen LogP contribution in [0.1, 0.15) is 19.8 Å². The molecular formula is C7H17N3O4S2. The molecule has 0 aliphatic carbocycles. The van der Waals surface area contributed by atoms with Gasteiger partial charge in [-0.1, -0.05) is 0 Å². The molecular weight excluding hydrogens is 254 g/mol. The fraction of sp³-hybridized carbons (Fsp3) is 1.00. The van der Waals surface area contributed by atoms with E-state index in [4.69, 9.17) is 5.14 Å². The van der Waals surface area contributed by atoms with Crippen molar-refractivity contribution in [2.24, 2.45) is 5.14 Å². The summed E-state index contributed by atoms with van der Waals surface area (Å²) in [5, 5.41) is 4.84. The lowest BCUT2D eigenvalue weighted by molar-refractivity contribution is 0.309. The van der Waals surface area contributed by atoms with E-state index in [9.17, 15) is 16.8 Å². The molecule has 0 aromatic rings. The molecule has 0 bridgehead atoms. The van der Waals surface area contributed by atoms with E-state index in [0.717, 1.165) is 0 Å². The zero-order valence-electron chi connectivity index (χ0n) is 9.09. The molecule has 1 aliphatic rings. The minimum atomic E-state index is -3.70. The molecule has 1 aliphatic heterocycles. The van der Waals surface area contributed by atoms with Gasteiger partial charge in [0.25, 0.3) is 10.2 Å². The van der Waals surface area contributed by atoms with Gasteiger partial charge in [0.05, 0.1) is 5.75 Å². The van der Waals surface area contributed by atoms with Crippen molar-refractivity contribution in [2.45, 2.75) is 25.8 Å². The van der Waals surface area contributed by atoms with Gasteiger partial charge in [-0.15, -0.1) is 0 Å². The van der Waals surface area contributed by atoms with Crippen LogP contribution in [0.3, 0.4) is 0 Å². The van der Waals surface area contributed by atoms with Crippen LogP contribution in [0.25, 0.3) is 0 Å². The molecule has 16 heavy (non-hydrogen) atoms. The molecule has 9 heteroatoms. The summed E-state index contributed by atoms with van der Waals surface area (Å²) in [5.41, 5.74) is 0. The van der Waals surface area contributed by atoms with Gasteiger partial charge in [-0.25, -0.2) is 17.9 Å². The highest BCUT2D eigenvalue weighted by Crippen LogP contribution is 2.14. The summed E-state index contributed by atoms with van der Waals surface area (Å²) in [6.07, 6.45) is 0.908. The van der Waals surface area contributed by atoms with Gasteiger partial charge in [-0.2, -0.15) is 13.1 Å². The molecule has 0 unspecified atom stereocenters. The monoisotopic (exact) mass is 271 g/mol. The Hall–Kier alpha value is -0.220. The van der Waals surface area contributed by atoms with E-state index in [1.807, 2.05) is 0 Å². The van der Waals surface area contributed by atoms with E-state index in [1.54, 1.807) is 6.92 Å². The SMILES string of the molecule is CCS(=O)(=O)N1CCC(NS(N)(=O)=O)CC1. The van der Waals surface area contributed by atoms with E-state index >= 15 is 0 Å². The van der Waals surface area contributed by atoms with Crippen molar-refractivity contribution in [3.8, 4) is 0 Å². The summed E-state index contributed by atoms with van der Waals surface area (Å²) < 4.78 is 48.2. The van der Waals surface area contributed by atoms with Crippen LogP contribution in [0.2, 0.25) is 0 Å². The van der Waals surface area contributed by atoms with Crippen LogP contribution < -0.4 is 9.86 Å². The Kier molecular flexibility index (Phi) is 4.29. The van der Waals surface area contributed by atoms with Crippen LogP contribution >= 0.6 is 0 Å². The number of nitrogens with two attached hydrogens (primary N) is 1. The Morgan fingerprint density at radius 2 is 1.75 bits per heavy atom. The average Bonchev–Trinajstić information content (AvgIpc) is 2.16. The van der Waals surface area contributed by atoms with Gasteiger partial charge in [0.1, 0.15) is 0 Å². The standard InChI is InChI=1S/C7H17N3O4S2/c1-2-15(11,12)10-5-3-7(4-6-10)9-16(8,13)14/h7,9H,2-6H2,1H3,(H2,8,13,14). The number of nitrogens with one attached hydrogen (secondary N) is 1. The molecule has 1 fully saturated rings. The second kappa shape index (κ2) is 4.96. The van der Waals surface area contributed by atoms with Gasteiger partial charge in [-0.3, -0.25) is 0 Å². The van der Waals surface area contributed by atoms with Crippen molar-refractivity contribution in [3.05, 3.63) is 0 Å². The summed E-state index contributed by atoms with van der Waals surface area (Å²) in [5.74, 6) is 0.0697. The molecule has 7 nitrogen and oxygen atoms in total. The maximum Gasteiger partial charge on any atom is 0.274 e. The zero-order valence-corrected chi connectivity index (χ0v) is 10.7. The molecule has 96 valence electrons. The third kappa shape index (κ3) is 3.98. The average molecular weight is 271 g/mol. The molecule has 0 radical (unpaired) electrons. The predicted molar refractivity (Wildman–Crippen MR) is 60.3 cm³/mol. The maximum absolute atomic E-state index is 11.5. The van der Waals surface area contributed by atoms with Crippen LogP contribution in [0.5, 0.6) is 0 Å².